The van der Waals surface area contributed by atoms with Crippen molar-refractivity contribution in [3.8, 4) is 16.9 Å². The van der Waals surface area contributed by atoms with Crippen LogP contribution in [0.25, 0.3) is 11.1 Å². The van der Waals surface area contributed by atoms with Crippen molar-refractivity contribution < 1.29 is 36.1 Å². The zero-order chi connectivity index (χ0) is 26.6. The van der Waals surface area contributed by atoms with Gasteiger partial charge in [0.15, 0.2) is 0 Å². The summed E-state index contributed by atoms with van der Waals surface area (Å²) in [6.45, 7) is 13.5. The van der Waals surface area contributed by atoms with Crippen molar-refractivity contribution in [2.24, 2.45) is 9.98 Å². The summed E-state index contributed by atoms with van der Waals surface area (Å²) >= 11 is 0. The molecule has 0 unspecified atom stereocenters. The van der Waals surface area contributed by atoms with Crippen LogP contribution in [0.4, 0.5) is 11.4 Å². The molecule has 37 heavy (non-hydrogen) atoms. The molecule has 182 valence electrons. The molecule has 0 atom stereocenters. The topological polar surface area (TPSA) is 93.7 Å². The molecule has 7 heteroatoms. The number of para-hydroxylation sites is 2. The van der Waals surface area contributed by atoms with Gasteiger partial charge in [-0.15, -0.1) is 0 Å². The molecule has 0 saturated heterocycles. The predicted octanol–water partition coefficient (Wildman–Crippen LogP) is 6.75. The summed E-state index contributed by atoms with van der Waals surface area (Å²) in [5.41, 5.74) is 5.86. The number of rotatable bonds is 6. The summed E-state index contributed by atoms with van der Waals surface area (Å²) < 4.78 is 28.2. The van der Waals surface area contributed by atoms with Crippen molar-refractivity contribution in [3.63, 3.8) is 0 Å². The number of hydrogen-bond donors (Lipinski definition) is 0. The van der Waals surface area contributed by atoms with Crippen molar-refractivity contribution in [3.05, 3.63) is 134 Å². The Morgan fingerprint density at radius 3 is 1.51 bits per heavy atom. The second kappa shape index (κ2) is 20.0. The van der Waals surface area contributed by atoms with Gasteiger partial charge in [-0.2, -0.15) is 0 Å². The van der Waals surface area contributed by atoms with E-state index in [4.69, 9.17) is 18.7 Å². The Balaban J connectivity index is 0.00000173. The molecule has 0 spiro atoms. The normalized spacial score (nSPS) is 9.27. The Morgan fingerprint density at radius 2 is 1.00 bits per heavy atom. The third kappa shape index (κ3) is 10.1. The van der Waals surface area contributed by atoms with Gasteiger partial charge in [0.25, 0.3) is 0 Å². The number of aliphatic imine (C=N–C) groups is 2. The first-order valence-corrected chi connectivity index (χ1v) is 10.4. The average Bonchev–Trinajstić information content (AvgIpc) is 2.99. The van der Waals surface area contributed by atoms with Crippen molar-refractivity contribution >= 4 is 23.8 Å². The first-order valence-electron chi connectivity index (χ1n) is 10.4. The molecule has 6 nitrogen and oxygen atoms in total. The van der Waals surface area contributed by atoms with Crippen molar-refractivity contribution in [1.82, 2.24) is 0 Å². The summed E-state index contributed by atoms with van der Waals surface area (Å²) in [6.07, 6.45) is 3.79. The monoisotopic (exact) mass is 526 g/mol. The third-order valence-corrected chi connectivity index (χ3v) is 4.73. The van der Waals surface area contributed by atoms with Crippen molar-refractivity contribution in [2.45, 2.75) is 0 Å². The van der Waals surface area contributed by atoms with E-state index in [0.29, 0.717) is 0 Å². The zero-order valence-corrected chi connectivity index (χ0v) is 21.2. The number of hydrogen-bond acceptors (Lipinski definition) is 3. The van der Waals surface area contributed by atoms with E-state index in [1.54, 1.807) is 7.11 Å². The molecule has 0 bridgehead atoms. The second-order valence-electron chi connectivity index (χ2n) is 6.70. The van der Waals surface area contributed by atoms with Crippen LogP contribution in [-0.2, 0) is 31.3 Å². The van der Waals surface area contributed by atoms with E-state index in [2.05, 4.69) is 48.1 Å². The molecular formula is C30H22CrN2O4. The summed E-state index contributed by atoms with van der Waals surface area (Å²) in [7, 11) is 1.69. The SMILES string of the molecule is COc1cccc(C=Nc2ccccc2)c1-c1ccccc1C=Nc1ccccc1.[C-]#[O+].[C-]#[O+].[C-]#[O+].[Cr]. The summed E-state index contributed by atoms with van der Waals surface area (Å²) in [5.74, 6) is 0.799. The van der Waals surface area contributed by atoms with Gasteiger partial charge < -0.3 is 4.74 Å². The molecule has 4 aromatic carbocycles. The molecule has 0 saturated carbocycles. The average molecular weight is 527 g/mol. The van der Waals surface area contributed by atoms with Gasteiger partial charge in [0.1, 0.15) is 5.75 Å². The van der Waals surface area contributed by atoms with Crippen LogP contribution in [0.5, 0.6) is 5.75 Å². The van der Waals surface area contributed by atoms with E-state index >= 15 is 0 Å². The van der Waals surface area contributed by atoms with Gasteiger partial charge in [0, 0.05) is 46.5 Å². The maximum Gasteiger partial charge on any atom is 0 e. The molecule has 0 amide bonds. The first-order chi connectivity index (χ1) is 17.8. The largest absolute Gasteiger partial charge is 0 e. The van der Waals surface area contributed by atoms with E-state index in [9.17, 15) is 0 Å². The van der Waals surface area contributed by atoms with Gasteiger partial charge in [-0.3, -0.25) is 9.98 Å². The molecule has 4 aromatic rings. The first kappa shape index (κ1) is 32.8. The predicted molar refractivity (Wildman–Crippen MR) is 138 cm³/mol. The Labute approximate surface area is 227 Å². The van der Waals surface area contributed by atoms with Gasteiger partial charge in [-0.1, -0.05) is 72.8 Å². The quantitative estimate of drug-likeness (QED) is 0.155. The van der Waals surface area contributed by atoms with E-state index in [1.807, 2.05) is 97.4 Å². The van der Waals surface area contributed by atoms with E-state index < -0.39 is 0 Å². The smallest absolute Gasteiger partial charge is 0 e. The molecule has 4 rings (SSSR count). The van der Waals surface area contributed by atoms with Crippen LogP contribution in [0.15, 0.2) is 113 Å². The second-order valence-corrected chi connectivity index (χ2v) is 6.70. The Hall–Kier alpha value is -4.23. The molecule has 0 heterocycles. The Kier molecular flexibility index (Phi) is 17.7. The maximum absolute atomic E-state index is 7.50. The fraction of sp³-hybridized carbons (Fsp3) is 0.0333. The number of ether oxygens (including phenoxy) is 1. The standard InChI is InChI=1S/C27H22N2O.3CO.Cr/c1-30-26-18-10-12-22(20-29-24-15-6-3-7-16-24)27(26)25-17-9-8-11-21(25)19-28-23-13-4-2-5-14-23;3*1-2;/h2-20H,1H3;;;;. The van der Waals surface area contributed by atoms with Gasteiger partial charge >= 0.3 is 33.9 Å². The molecule has 0 aromatic heterocycles. The van der Waals surface area contributed by atoms with Crippen LogP contribution < -0.4 is 4.74 Å². The van der Waals surface area contributed by atoms with Crippen LogP contribution in [0.1, 0.15) is 11.1 Å². The minimum atomic E-state index is 0. The molecular weight excluding hydrogens is 504 g/mol. The molecule has 0 fully saturated rings. The number of nitrogens with zero attached hydrogens (tertiary/aromatic N) is 2. The fourth-order valence-electron chi connectivity index (χ4n) is 3.27. The molecule has 0 aliphatic heterocycles. The molecule has 0 N–H and O–H groups in total. The van der Waals surface area contributed by atoms with Crippen LogP contribution >= 0.6 is 0 Å². The summed E-state index contributed by atoms with van der Waals surface area (Å²) in [4.78, 5) is 9.29. The van der Waals surface area contributed by atoms with Gasteiger partial charge in [-0.25, -0.2) is 0 Å². The van der Waals surface area contributed by atoms with E-state index in [0.717, 1.165) is 39.4 Å². The van der Waals surface area contributed by atoms with Crippen LogP contribution in [0.2, 0.25) is 0 Å². The van der Waals surface area contributed by atoms with E-state index in [-0.39, 0.29) is 17.4 Å². The van der Waals surface area contributed by atoms with Crippen LogP contribution in [0, 0.1) is 20.0 Å². The van der Waals surface area contributed by atoms with Crippen molar-refractivity contribution in [1.29, 1.82) is 0 Å². The summed E-state index contributed by atoms with van der Waals surface area (Å²) in [6, 6.07) is 34.0. The van der Waals surface area contributed by atoms with Gasteiger partial charge in [0.2, 0.25) is 0 Å². The third-order valence-electron chi connectivity index (χ3n) is 4.73. The maximum atomic E-state index is 7.50. The van der Waals surface area contributed by atoms with Crippen LogP contribution in [-0.4, -0.2) is 19.5 Å². The van der Waals surface area contributed by atoms with E-state index in [1.165, 1.54) is 0 Å². The van der Waals surface area contributed by atoms with Gasteiger partial charge in [0.05, 0.1) is 18.5 Å². The molecule has 0 aliphatic carbocycles. The Morgan fingerprint density at radius 1 is 0.568 bits per heavy atom. The minimum Gasteiger partial charge on any atom is 0 e. The number of methoxy groups -OCH3 is 1. The fourth-order valence-corrected chi connectivity index (χ4v) is 3.27. The van der Waals surface area contributed by atoms with Crippen LogP contribution in [0.3, 0.4) is 0 Å². The zero-order valence-electron chi connectivity index (χ0n) is 19.9. The number of benzene rings is 4. The molecule has 0 radical (unpaired) electrons. The van der Waals surface area contributed by atoms with Gasteiger partial charge in [-0.05, 0) is 35.9 Å². The minimum absolute atomic E-state index is 0. The molecule has 0 aliphatic rings. The Bertz CT molecular complexity index is 1300. The van der Waals surface area contributed by atoms with Crippen molar-refractivity contribution in [2.75, 3.05) is 7.11 Å². The summed E-state index contributed by atoms with van der Waals surface area (Å²) in [5, 5.41) is 0.